The molecule has 0 aromatic heterocycles. The molecule has 1 N–H and O–H groups in total. The molecule has 0 saturated heterocycles. The van der Waals surface area contributed by atoms with Crippen LogP contribution in [0.1, 0.15) is 50.2 Å². The predicted molar refractivity (Wildman–Crippen MR) is 86.3 cm³/mol. The average Bonchev–Trinajstić information content (AvgIpc) is 3.20. The number of aryl methyl sites for hydroxylation is 1. The summed E-state index contributed by atoms with van der Waals surface area (Å²) in [5.74, 6) is 0.937. The maximum absolute atomic E-state index is 3.61. The minimum Gasteiger partial charge on any atom is -0.372 e. The van der Waals surface area contributed by atoms with Crippen molar-refractivity contribution < 1.29 is 0 Å². The maximum atomic E-state index is 3.61. The molecular weight excluding hydrogens is 244 g/mol. The molecule has 1 aromatic rings. The van der Waals surface area contributed by atoms with Crippen molar-refractivity contribution in [1.29, 1.82) is 0 Å². The highest BCUT2D eigenvalue weighted by Crippen LogP contribution is 2.29. The maximum Gasteiger partial charge on any atom is 0.0369 e. The number of hydrogen-bond acceptors (Lipinski definition) is 2. The van der Waals surface area contributed by atoms with Crippen molar-refractivity contribution in [3.8, 4) is 0 Å². The molecule has 0 atom stereocenters. The molecule has 0 bridgehead atoms. The van der Waals surface area contributed by atoms with Crippen LogP contribution in [0.5, 0.6) is 0 Å². The van der Waals surface area contributed by atoms with Gasteiger partial charge in [0, 0.05) is 31.4 Å². The van der Waals surface area contributed by atoms with Gasteiger partial charge < -0.3 is 10.2 Å². The van der Waals surface area contributed by atoms with Gasteiger partial charge in [-0.25, -0.2) is 0 Å². The highest BCUT2D eigenvalue weighted by Gasteiger charge is 2.21. The Kier molecular flexibility index (Phi) is 4.30. The van der Waals surface area contributed by atoms with E-state index in [9.17, 15) is 0 Å². The summed E-state index contributed by atoms with van der Waals surface area (Å²) in [6.45, 7) is 7.93. The highest BCUT2D eigenvalue weighted by atomic mass is 15.1. The Morgan fingerprint density at radius 2 is 2.00 bits per heavy atom. The smallest absolute Gasteiger partial charge is 0.0369 e. The third-order valence-electron chi connectivity index (χ3n) is 4.93. The third kappa shape index (κ3) is 3.35. The Hall–Kier alpha value is -1.02. The molecule has 3 rings (SSSR count). The molecule has 0 aliphatic heterocycles. The van der Waals surface area contributed by atoms with E-state index in [0.29, 0.717) is 0 Å². The van der Waals surface area contributed by atoms with E-state index in [1.54, 1.807) is 0 Å². The van der Waals surface area contributed by atoms with Gasteiger partial charge in [-0.05, 0) is 68.7 Å². The first-order valence-corrected chi connectivity index (χ1v) is 8.34. The predicted octanol–water partition coefficient (Wildman–Crippen LogP) is 3.87. The van der Waals surface area contributed by atoms with E-state index in [2.05, 4.69) is 42.3 Å². The van der Waals surface area contributed by atoms with Gasteiger partial charge in [-0.15, -0.1) is 0 Å². The van der Waals surface area contributed by atoms with E-state index < -0.39 is 0 Å². The summed E-state index contributed by atoms with van der Waals surface area (Å²) in [5, 5.41) is 3.61. The molecule has 20 heavy (non-hydrogen) atoms. The zero-order chi connectivity index (χ0) is 13.9. The Morgan fingerprint density at radius 1 is 1.20 bits per heavy atom. The van der Waals surface area contributed by atoms with Gasteiger partial charge in [0.05, 0.1) is 0 Å². The highest BCUT2D eigenvalue weighted by molar-refractivity contribution is 5.51. The molecular formula is C18H28N2. The van der Waals surface area contributed by atoms with Gasteiger partial charge in [0.2, 0.25) is 0 Å². The molecule has 0 unspecified atom stereocenters. The minimum absolute atomic E-state index is 0.792. The van der Waals surface area contributed by atoms with Crippen LogP contribution in [0.2, 0.25) is 0 Å². The number of nitrogens with zero attached hydrogens (tertiary/aromatic N) is 1. The van der Waals surface area contributed by atoms with Gasteiger partial charge in [0.25, 0.3) is 0 Å². The lowest BCUT2D eigenvalue weighted by molar-refractivity contribution is 0.318. The number of anilines is 1. The van der Waals surface area contributed by atoms with Crippen molar-refractivity contribution in [3.63, 3.8) is 0 Å². The zero-order valence-corrected chi connectivity index (χ0v) is 13.0. The molecule has 0 spiro atoms. The summed E-state index contributed by atoms with van der Waals surface area (Å²) in [4.78, 5) is 2.55. The monoisotopic (exact) mass is 272 g/mol. The lowest BCUT2D eigenvalue weighted by Crippen LogP contribution is -2.32. The first-order valence-electron chi connectivity index (χ1n) is 8.34. The van der Waals surface area contributed by atoms with Crippen LogP contribution in [0.4, 0.5) is 5.69 Å². The Labute approximate surface area is 123 Å². The molecule has 0 amide bonds. The number of benzene rings is 1. The molecule has 2 aliphatic rings. The van der Waals surface area contributed by atoms with E-state index in [4.69, 9.17) is 0 Å². The van der Waals surface area contributed by atoms with Crippen molar-refractivity contribution >= 4 is 5.69 Å². The van der Waals surface area contributed by atoms with E-state index in [1.165, 1.54) is 55.5 Å². The number of nitrogens with one attached hydrogen (secondary N) is 1. The van der Waals surface area contributed by atoms with Crippen LogP contribution < -0.4 is 10.2 Å². The summed E-state index contributed by atoms with van der Waals surface area (Å²) in [7, 11) is 0. The van der Waals surface area contributed by atoms with Crippen molar-refractivity contribution in [3.05, 3.63) is 29.3 Å². The Balaban J connectivity index is 1.63. The van der Waals surface area contributed by atoms with Gasteiger partial charge in [-0.2, -0.15) is 0 Å². The minimum atomic E-state index is 0.792. The second-order valence-corrected chi connectivity index (χ2v) is 6.60. The molecule has 2 aliphatic carbocycles. The molecule has 2 heteroatoms. The van der Waals surface area contributed by atoms with Crippen LogP contribution in [0.15, 0.2) is 18.2 Å². The quantitative estimate of drug-likeness (QED) is 0.810. The SMILES string of the molecule is CCN(CC1CCC1)c1ccc(CNC2CC2)c(C)c1. The summed E-state index contributed by atoms with van der Waals surface area (Å²) < 4.78 is 0. The van der Waals surface area contributed by atoms with Crippen molar-refractivity contribution in [2.75, 3.05) is 18.0 Å². The molecule has 2 nitrogen and oxygen atoms in total. The second-order valence-electron chi connectivity index (χ2n) is 6.60. The van der Waals surface area contributed by atoms with Crippen LogP contribution in [0.25, 0.3) is 0 Å². The Bertz CT molecular complexity index is 447. The Morgan fingerprint density at radius 3 is 2.55 bits per heavy atom. The molecule has 1 aromatic carbocycles. The average molecular weight is 272 g/mol. The summed E-state index contributed by atoms with van der Waals surface area (Å²) in [5.41, 5.74) is 4.30. The molecule has 110 valence electrons. The normalized spacial score (nSPS) is 18.9. The summed E-state index contributed by atoms with van der Waals surface area (Å²) in [6.07, 6.45) is 7.02. The molecule has 2 fully saturated rings. The number of hydrogen-bond donors (Lipinski definition) is 1. The van der Waals surface area contributed by atoms with Crippen LogP contribution in [0, 0.1) is 12.8 Å². The van der Waals surface area contributed by atoms with Gasteiger partial charge >= 0.3 is 0 Å². The topological polar surface area (TPSA) is 15.3 Å². The molecule has 0 heterocycles. The lowest BCUT2D eigenvalue weighted by Gasteiger charge is -2.33. The summed E-state index contributed by atoms with van der Waals surface area (Å²) >= 11 is 0. The molecule has 0 radical (unpaired) electrons. The fraction of sp³-hybridized carbons (Fsp3) is 0.667. The summed E-state index contributed by atoms with van der Waals surface area (Å²) in [6, 6.07) is 7.81. The van der Waals surface area contributed by atoms with Crippen LogP contribution in [-0.4, -0.2) is 19.1 Å². The van der Waals surface area contributed by atoms with E-state index in [-0.39, 0.29) is 0 Å². The van der Waals surface area contributed by atoms with Gasteiger partial charge in [-0.1, -0.05) is 12.5 Å². The van der Waals surface area contributed by atoms with Crippen molar-refractivity contribution in [1.82, 2.24) is 5.32 Å². The van der Waals surface area contributed by atoms with Crippen molar-refractivity contribution in [2.24, 2.45) is 5.92 Å². The van der Waals surface area contributed by atoms with Crippen molar-refractivity contribution in [2.45, 2.75) is 58.5 Å². The largest absolute Gasteiger partial charge is 0.372 e. The van der Waals surface area contributed by atoms with Crippen LogP contribution in [-0.2, 0) is 6.54 Å². The number of rotatable bonds is 7. The van der Waals surface area contributed by atoms with Crippen LogP contribution in [0.3, 0.4) is 0 Å². The molecule has 2 saturated carbocycles. The van der Waals surface area contributed by atoms with E-state index >= 15 is 0 Å². The van der Waals surface area contributed by atoms with Gasteiger partial charge in [-0.3, -0.25) is 0 Å². The van der Waals surface area contributed by atoms with E-state index in [1.807, 2.05) is 0 Å². The third-order valence-corrected chi connectivity index (χ3v) is 4.93. The lowest BCUT2D eigenvalue weighted by atomic mass is 9.85. The first kappa shape index (κ1) is 13.9. The second kappa shape index (κ2) is 6.17. The van der Waals surface area contributed by atoms with Gasteiger partial charge in [0.1, 0.15) is 0 Å². The standard InChI is InChI=1S/C18H28N2/c1-3-20(13-15-5-4-6-15)18-10-7-16(14(2)11-18)12-19-17-8-9-17/h7,10-11,15,17,19H,3-6,8-9,12-13H2,1-2H3. The zero-order valence-electron chi connectivity index (χ0n) is 13.0. The fourth-order valence-corrected chi connectivity index (χ4v) is 3.02. The van der Waals surface area contributed by atoms with Gasteiger partial charge in [0.15, 0.2) is 0 Å². The van der Waals surface area contributed by atoms with E-state index in [0.717, 1.165) is 25.0 Å². The first-order chi connectivity index (χ1) is 9.76. The van der Waals surface area contributed by atoms with Crippen LogP contribution >= 0.6 is 0 Å². The fourth-order valence-electron chi connectivity index (χ4n) is 3.02.